The van der Waals surface area contributed by atoms with Gasteiger partial charge in [0.15, 0.2) is 0 Å². The minimum absolute atomic E-state index is 0.0382. The number of hydrogen-bond donors (Lipinski definition) is 0. The van der Waals surface area contributed by atoms with Crippen LogP contribution in [-0.4, -0.2) is 12.5 Å². The molecule has 0 unspecified atom stereocenters. The Morgan fingerprint density at radius 1 is 1.36 bits per heavy atom. The second-order valence-electron chi connectivity index (χ2n) is 3.43. The second kappa shape index (κ2) is 3.50. The van der Waals surface area contributed by atoms with E-state index < -0.39 is 11.8 Å². The van der Waals surface area contributed by atoms with Gasteiger partial charge in [0.25, 0.3) is 5.92 Å². The molecule has 76 valence electrons. The maximum atomic E-state index is 12.5. The van der Waals surface area contributed by atoms with Gasteiger partial charge in [-0.15, -0.1) is 0 Å². The zero-order valence-electron chi connectivity index (χ0n) is 7.34. The molecule has 0 heterocycles. The molecule has 1 aliphatic carbocycles. The highest BCUT2D eigenvalue weighted by molar-refractivity contribution is 9.10. The number of ether oxygens (including phenoxy) is 1. The largest absolute Gasteiger partial charge is 0.493 e. The lowest BCUT2D eigenvalue weighted by atomic mass is 10.3. The van der Waals surface area contributed by atoms with Gasteiger partial charge in [0.05, 0.1) is 12.5 Å². The number of hydrogen-bond acceptors (Lipinski definition) is 1. The molecule has 0 amide bonds. The first-order valence-corrected chi connectivity index (χ1v) is 5.13. The second-order valence-corrected chi connectivity index (χ2v) is 4.34. The molecule has 0 spiro atoms. The molecule has 0 aromatic heterocycles. The Balaban J connectivity index is 1.84. The minimum Gasteiger partial charge on any atom is -0.493 e. The third-order valence-electron chi connectivity index (χ3n) is 2.22. The van der Waals surface area contributed by atoms with Crippen LogP contribution in [0.15, 0.2) is 28.7 Å². The van der Waals surface area contributed by atoms with E-state index in [0.717, 1.165) is 4.47 Å². The SMILES string of the molecule is FC1(F)C[C@@H]1COc1ccc(Br)cc1. The van der Waals surface area contributed by atoms with E-state index in [-0.39, 0.29) is 13.0 Å². The normalized spacial score (nSPS) is 23.2. The van der Waals surface area contributed by atoms with E-state index in [4.69, 9.17) is 4.74 Å². The summed E-state index contributed by atoms with van der Waals surface area (Å²) in [6.45, 7) is 0.106. The van der Waals surface area contributed by atoms with Crippen molar-refractivity contribution in [3.05, 3.63) is 28.7 Å². The molecule has 2 rings (SSSR count). The van der Waals surface area contributed by atoms with E-state index in [9.17, 15) is 8.78 Å². The van der Waals surface area contributed by atoms with Crippen molar-refractivity contribution in [2.45, 2.75) is 12.3 Å². The quantitative estimate of drug-likeness (QED) is 0.811. The first kappa shape index (κ1) is 9.90. The molecule has 1 fully saturated rings. The molecule has 1 aromatic carbocycles. The highest BCUT2D eigenvalue weighted by Gasteiger charge is 2.57. The van der Waals surface area contributed by atoms with E-state index in [2.05, 4.69) is 15.9 Å². The van der Waals surface area contributed by atoms with Crippen LogP contribution in [-0.2, 0) is 0 Å². The molecule has 0 N–H and O–H groups in total. The lowest BCUT2D eigenvalue weighted by molar-refractivity contribution is 0.0856. The molecule has 0 radical (unpaired) electrons. The van der Waals surface area contributed by atoms with Crippen LogP contribution in [0.4, 0.5) is 8.78 Å². The molecule has 0 saturated heterocycles. The summed E-state index contributed by atoms with van der Waals surface area (Å²) in [4.78, 5) is 0. The average Bonchev–Trinajstić information content (AvgIpc) is 2.73. The topological polar surface area (TPSA) is 9.23 Å². The Labute approximate surface area is 89.2 Å². The zero-order chi connectivity index (χ0) is 10.2. The Kier molecular flexibility index (Phi) is 2.47. The molecule has 0 aliphatic heterocycles. The summed E-state index contributed by atoms with van der Waals surface area (Å²) in [7, 11) is 0. The van der Waals surface area contributed by atoms with Crippen LogP contribution in [0.2, 0.25) is 0 Å². The van der Waals surface area contributed by atoms with E-state index in [1.807, 2.05) is 12.1 Å². The molecular weight excluding hydrogens is 254 g/mol. The highest BCUT2D eigenvalue weighted by Crippen LogP contribution is 2.48. The van der Waals surface area contributed by atoms with Gasteiger partial charge in [-0.2, -0.15) is 0 Å². The van der Waals surface area contributed by atoms with Crippen LogP contribution in [0.1, 0.15) is 6.42 Å². The monoisotopic (exact) mass is 262 g/mol. The summed E-state index contributed by atoms with van der Waals surface area (Å²) >= 11 is 3.28. The van der Waals surface area contributed by atoms with E-state index in [1.54, 1.807) is 12.1 Å². The van der Waals surface area contributed by atoms with E-state index in [1.165, 1.54) is 0 Å². The van der Waals surface area contributed by atoms with Crippen molar-refractivity contribution < 1.29 is 13.5 Å². The standard InChI is InChI=1S/C10H9BrF2O/c11-8-1-3-9(4-2-8)14-6-7-5-10(7,12)13/h1-4,7H,5-6H2/t7-/m1/s1. The maximum Gasteiger partial charge on any atom is 0.255 e. The molecule has 1 aromatic rings. The summed E-state index contributed by atoms with van der Waals surface area (Å²) in [6, 6.07) is 7.15. The van der Waals surface area contributed by atoms with Crippen LogP contribution in [0.5, 0.6) is 5.75 Å². The van der Waals surface area contributed by atoms with Crippen LogP contribution >= 0.6 is 15.9 Å². The van der Waals surface area contributed by atoms with Crippen molar-refractivity contribution in [2.75, 3.05) is 6.61 Å². The molecular formula is C10H9BrF2O. The lowest BCUT2D eigenvalue weighted by Gasteiger charge is -2.04. The number of alkyl halides is 2. The predicted octanol–water partition coefficient (Wildman–Crippen LogP) is 3.48. The first-order chi connectivity index (χ1) is 6.58. The van der Waals surface area contributed by atoms with Crippen LogP contribution in [0, 0.1) is 5.92 Å². The fraction of sp³-hybridized carbons (Fsp3) is 0.400. The van der Waals surface area contributed by atoms with Gasteiger partial charge in [-0.05, 0) is 24.3 Å². The summed E-state index contributed by atoms with van der Waals surface area (Å²) in [5, 5.41) is 0. The van der Waals surface area contributed by atoms with Crippen molar-refractivity contribution in [3.63, 3.8) is 0 Å². The lowest BCUT2D eigenvalue weighted by Crippen LogP contribution is -2.05. The van der Waals surface area contributed by atoms with Gasteiger partial charge in [0.1, 0.15) is 5.75 Å². The number of halogens is 3. The summed E-state index contributed by atoms with van der Waals surface area (Å²) in [5.74, 6) is -2.45. The summed E-state index contributed by atoms with van der Waals surface area (Å²) in [6.07, 6.45) is -0.0382. The zero-order valence-corrected chi connectivity index (χ0v) is 8.93. The van der Waals surface area contributed by atoms with Crippen LogP contribution < -0.4 is 4.74 Å². The van der Waals surface area contributed by atoms with Gasteiger partial charge < -0.3 is 4.74 Å². The molecule has 0 bridgehead atoms. The van der Waals surface area contributed by atoms with Crippen LogP contribution in [0.25, 0.3) is 0 Å². The fourth-order valence-corrected chi connectivity index (χ4v) is 1.44. The molecule has 1 atom stereocenters. The van der Waals surface area contributed by atoms with Crippen molar-refractivity contribution in [1.82, 2.24) is 0 Å². The third-order valence-corrected chi connectivity index (χ3v) is 2.75. The molecule has 1 aliphatic rings. The van der Waals surface area contributed by atoms with Gasteiger partial charge in [-0.3, -0.25) is 0 Å². The Hall–Kier alpha value is -0.640. The van der Waals surface area contributed by atoms with Gasteiger partial charge in [0.2, 0.25) is 0 Å². The van der Waals surface area contributed by atoms with Crippen molar-refractivity contribution >= 4 is 15.9 Å². The fourth-order valence-electron chi connectivity index (χ4n) is 1.18. The molecule has 1 saturated carbocycles. The third kappa shape index (κ3) is 2.23. The molecule has 1 nitrogen and oxygen atoms in total. The summed E-state index contributed by atoms with van der Waals surface area (Å²) < 4.78 is 31.1. The van der Waals surface area contributed by atoms with Crippen molar-refractivity contribution in [1.29, 1.82) is 0 Å². The highest BCUT2D eigenvalue weighted by atomic mass is 79.9. The van der Waals surface area contributed by atoms with E-state index in [0.29, 0.717) is 5.75 Å². The van der Waals surface area contributed by atoms with Gasteiger partial charge in [0, 0.05) is 10.9 Å². The Bertz CT molecular complexity index is 323. The maximum absolute atomic E-state index is 12.5. The smallest absolute Gasteiger partial charge is 0.255 e. The minimum atomic E-state index is -2.49. The van der Waals surface area contributed by atoms with Crippen LogP contribution in [0.3, 0.4) is 0 Å². The van der Waals surface area contributed by atoms with Crippen molar-refractivity contribution in [3.8, 4) is 5.75 Å². The Morgan fingerprint density at radius 3 is 2.43 bits per heavy atom. The van der Waals surface area contributed by atoms with E-state index >= 15 is 0 Å². The van der Waals surface area contributed by atoms with Gasteiger partial charge in [-0.25, -0.2) is 8.78 Å². The molecule has 4 heteroatoms. The number of rotatable bonds is 3. The average molecular weight is 263 g/mol. The Morgan fingerprint density at radius 2 is 1.93 bits per heavy atom. The number of benzene rings is 1. The first-order valence-electron chi connectivity index (χ1n) is 4.34. The van der Waals surface area contributed by atoms with Gasteiger partial charge >= 0.3 is 0 Å². The summed E-state index contributed by atoms with van der Waals surface area (Å²) in [5.41, 5.74) is 0. The molecule has 14 heavy (non-hydrogen) atoms. The predicted molar refractivity (Wildman–Crippen MR) is 52.7 cm³/mol. The van der Waals surface area contributed by atoms with Crippen molar-refractivity contribution in [2.24, 2.45) is 5.92 Å². The van der Waals surface area contributed by atoms with Gasteiger partial charge in [-0.1, -0.05) is 15.9 Å².